The van der Waals surface area contributed by atoms with E-state index < -0.39 is 17.7 Å². The van der Waals surface area contributed by atoms with E-state index in [1.54, 1.807) is 50.3 Å². The molecule has 156 valence electrons. The van der Waals surface area contributed by atoms with Crippen LogP contribution in [0.1, 0.15) is 55.9 Å². The number of allylic oxidation sites excluding steroid dienone is 3. The number of hydrogen-bond donors (Lipinski definition) is 1. The topological polar surface area (TPSA) is 55.4 Å². The smallest absolute Gasteiger partial charge is 0.337 e. The minimum absolute atomic E-state index is 0.0576. The summed E-state index contributed by atoms with van der Waals surface area (Å²) >= 11 is 1.63. The number of benzene rings is 1. The molecule has 0 unspecified atom stereocenters. The van der Waals surface area contributed by atoms with Crippen molar-refractivity contribution in [3.05, 3.63) is 80.6 Å². The van der Waals surface area contributed by atoms with Crippen LogP contribution in [0, 0.1) is 5.82 Å². The van der Waals surface area contributed by atoms with Crippen molar-refractivity contribution in [1.82, 2.24) is 5.32 Å². The maximum Gasteiger partial charge on any atom is 0.337 e. The molecule has 0 amide bonds. The molecular formula is C24H24FNO3S. The SMILES string of the molecule is CC1=C(C(=O)OC(C)C)[C@@H](c2ccccc2F)C2=C(C[C@H](c3cccs3)CC2=O)N1. The maximum absolute atomic E-state index is 14.9. The summed E-state index contributed by atoms with van der Waals surface area (Å²) in [7, 11) is 0. The number of rotatable bonds is 4. The molecule has 4 rings (SSSR count). The molecule has 0 saturated carbocycles. The molecule has 0 spiro atoms. The van der Waals surface area contributed by atoms with Gasteiger partial charge in [-0.1, -0.05) is 24.3 Å². The third kappa shape index (κ3) is 3.72. The summed E-state index contributed by atoms with van der Waals surface area (Å²) in [4.78, 5) is 27.5. The first-order valence-electron chi connectivity index (χ1n) is 10.1. The van der Waals surface area contributed by atoms with Gasteiger partial charge in [0.05, 0.1) is 17.6 Å². The van der Waals surface area contributed by atoms with Crippen LogP contribution in [0.15, 0.2) is 64.3 Å². The number of carbonyl (C=O) groups excluding carboxylic acids is 2. The predicted molar refractivity (Wildman–Crippen MR) is 115 cm³/mol. The van der Waals surface area contributed by atoms with E-state index in [2.05, 4.69) is 5.32 Å². The zero-order valence-electron chi connectivity index (χ0n) is 17.2. The van der Waals surface area contributed by atoms with Crippen molar-refractivity contribution in [3.63, 3.8) is 0 Å². The summed E-state index contributed by atoms with van der Waals surface area (Å²) in [5, 5.41) is 5.29. The van der Waals surface area contributed by atoms with E-state index in [0.29, 0.717) is 35.2 Å². The summed E-state index contributed by atoms with van der Waals surface area (Å²) in [6.07, 6.45) is 0.674. The Morgan fingerprint density at radius 2 is 1.97 bits per heavy atom. The number of halogens is 1. The second-order valence-electron chi connectivity index (χ2n) is 8.01. The zero-order valence-corrected chi connectivity index (χ0v) is 18.0. The highest BCUT2D eigenvalue weighted by molar-refractivity contribution is 7.10. The van der Waals surface area contributed by atoms with Crippen LogP contribution in [0.4, 0.5) is 4.39 Å². The molecule has 0 bridgehead atoms. The van der Waals surface area contributed by atoms with Crippen molar-refractivity contribution in [2.24, 2.45) is 0 Å². The van der Waals surface area contributed by atoms with Crippen LogP contribution >= 0.6 is 11.3 Å². The Hall–Kier alpha value is -2.73. The van der Waals surface area contributed by atoms with Gasteiger partial charge in [0.2, 0.25) is 0 Å². The first-order valence-corrected chi connectivity index (χ1v) is 11.0. The number of nitrogens with one attached hydrogen (secondary N) is 1. The third-order valence-corrected chi connectivity index (χ3v) is 6.59. The van der Waals surface area contributed by atoms with E-state index in [1.807, 2.05) is 17.5 Å². The van der Waals surface area contributed by atoms with E-state index >= 15 is 0 Å². The summed E-state index contributed by atoms with van der Waals surface area (Å²) in [5.74, 6) is -1.71. The number of dihydropyridines is 1. The van der Waals surface area contributed by atoms with Crippen LogP contribution in [-0.2, 0) is 14.3 Å². The van der Waals surface area contributed by atoms with Crippen LogP contribution in [0.5, 0.6) is 0 Å². The lowest BCUT2D eigenvalue weighted by atomic mass is 9.72. The van der Waals surface area contributed by atoms with E-state index in [9.17, 15) is 14.0 Å². The number of Topliss-reactive ketones (excluding diaryl/α,β-unsaturated/α-hetero) is 1. The van der Waals surface area contributed by atoms with Gasteiger partial charge in [-0.2, -0.15) is 0 Å². The van der Waals surface area contributed by atoms with Gasteiger partial charge in [0.1, 0.15) is 5.82 Å². The van der Waals surface area contributed by atoms with Crippen molar-refractivity contribution in [1.29, 1.82) is 0 Å². The Morgan fingerprint density at radius 3 is 2.63 bits per heavy atom. The van der Waals surface area contributed by atoms with Gasteiger partial charge < -0.3 is 10.1 Å². The molecule has 2 atom stereocenters. The highest BCUT2D eigenvalue weighted by Gasteiger charge is 2.42. The molecule has 0 radical (unpaired) electrons. The fraction of sp³-hybridized carbons (Fsp3) is 0.333. The highest BCUT2D eigenvalue weighted by Crippen LogP contribution is 2.46. The molecule has 1 N–H and O–H groups in total. The average molecular weight is 426 g/mol. The van der Waals surface area contributed by atoms with E-state index in [1.165, 1.54) is 6.07 Å². The lowest BCUT2D eigenvalue weighted by Crippen LogP contribution is -2.36. The quantitative estimate of drug-likeness (QED) is 0.684. The van der Waals surface area contributed by atoms with Gasteiger partial charge in [-0.25, -0.2) is 9.18 Å². The Morgan fingerprint density at radius 1 is 1.20 bits per heavy atom. The molecule has 6 heteroatoms. The molecule has 4 nitrogen and oxygen atoms in total. The lowest BCUT2D eigenvalue weighted by Gasteiger charge is -2.36. The zero-order chi connectivity index (χ0) is 21.4. The molecule has 1 aromatic carbocycles. The number of esters is 1. The first-order chi connectivity index (χ1) is 14.4. The average Bonchev–Trinajstić information content (AvgIpc) is 3.21. The number of thiophene rings is 1. The molecule has 0 saturated heterocycles. The highest BCUT2D eigenvalue weighted by atomic mass is 32.1. The second kappa shape index (κ2) is 8.19. The van der Waals surface area contributed by atoms with Gasteiger partial charge in [0.25, 0.3) is 0 Å². The van der Waals surface area contributed by atoms with Crippen molar-refractivity contribution < 1.29 is 18.7 Å². The first kappa shape index (κ1) is 20.5. The number of ether oxygens (including phenoxy) is 1. The lowest BCUT2D eigenvalue weighted by molar-refractivity contribution is -0.143. The van der Waals surface area contributed by atoms with Crippen molar-refractivity contribution in [2.45, 2.75) is 51.6 Å². The molecule has 2 aromatic rings. The van der Waals surface area contributed by atoms with Crippen molar-refractivity contribution >= 4 is 23.1 Å². The maximum atomic E-state index is 14.9. The second-order valence-corrected chi connectivity index (χ2v) is 8.99. The van der Waals surface area contributed by atoms with Gasteiger partial charge in [-0.15, -0.1) is 11.3 Å². The summed E-state index contributed by atoms with van der Waals surface area (Å²) in [6, 6.07) is 10.4. The normalized spacial score (nSPS) is 21.6. The molecule has 1 aliphatic carbocycles. The number of ketones is 1. The van der Waals surface area contributed by atoms with Gasteiger partial charge in [0, 0.05) is 39.7 Å². The van der Waals surface area contributed by atoms with Crippen LogP contribution in [0.2, 0.25) is 0 Å². The molecule has 1 aliphatic heterocycles. The van der Waals surface area contributed by atoms with Gasteiger partial charge in [-0.05, 0) is 44.7 Å². The minimum Gasteiger partial charge on any atom is -0.460 e. The van der Waals surface area contributed by atoms with Gasteiger partial charge >= 0.3 is 5.97 Å². The van der Waals surface area contributed by atoms with Crippen LogP contribution in [0.25, 0.3) is 0 Å². The molecule has 1 aromatic heterocycles. The standard InChI is InChI=1S/C24H24FNO3S/c1-13(2)29-24(28)21-14(3)26-18-11-15(20-9-6-10-30-20)12-19(27)23(18)22(21)16-7-4-5-8-17(16)25/h4-10,13,15,22,26H,11-12H2,1-3H3/t15-,22+/m0/s1. The van der Waals surface area contributed by atoms with Crippen LogP contribution in [0.3, 0.4) is 0 Å². The minimum atomic E-state index is -0.773. The summed E-state index contributed by atoms with van der Waals surface area (Å²) in [6.45, 7) is 5.32. The van der Waals surface area contributed by atoms with Gasteiger partial charge in [0.15, 0.2) is 5.78 Å². The Kier molecular flexibility index (Phi) is 5.60. The molecule has 2 aliphatic rings. The molecule has 2 heterocycles. The van der Waals surface area contributed by atoms with Crippen molar-refractivity contribution in [2.75, 3.05) is 0 Å². The molecule has 30 heavy (non-hydrogen) atoms. The Balaban J connectivity index is 1.83. The van der Waals surface area contributed by atoms with Crippen LogP contribution < -0.4 is 5.32 Å². The number of carbonyl (C=O) groups is 2. The van der Waals surface area contributed by atoms with E-state index in [4.69, 9.17) is 4.74 Å². The van der Waals surface area contributed by atoms with Gasteiger partial charge in [-0.3, -0.25) is 4.79 Å². The fourth-order valence-electron chi connectivity index (χ4n) is 4.33. The monoisotopic (exact) mass is 425 g/mol. The van der Waals surface area contributed by atoms with Crippen molar-refractivity contribution in [3.8, 4) is 0 Å². The third-order valence-electron chi connectivity index (χ3n) is 5.55. The number of hydrogen-bond acceptors (Lipinski definition) is 5. The Labute approximate surface area is 179 Å². The summed E-state index contributed by atoms with van der Waals surface area (Å²) < 4.78 is 20.3. The Bertz CT molecular complexity index is 1050. The molecule has 0 fully saturated rings. The van der Waals surface area contributed by atoms with E-state index in [0.717, 1.165) is 10.6 Å². The largest absolute Gasteiger partial charge is 0.460 e. The van der Waals surface area contributed by atoms with Crippen LogP contribution in [-0.4, -0.2) is 17.9 Å². The summed E-state index contributed by atoms with van der Waals surface area (Å²) in [5.41, 5.74) is 2.48. The fourth-order valence-corrected chi connectivity index (χ4v) is 5.16. The molecular weight excluding hydrogens is 401 g/mol. The van der Waals surface area contributed by atoms with E-state index in [-0.39, 0.29) is 17.8 Å². The predicted octanol–water partition coefficient (Wildman–Crippen LogP) is 5.20.